The number of pyridine rings is 1. The van der Waals surface area contributed by atoms with Crippen molar-refractivity contribution in [3.05, 3.63) is 29.0 Å². The molecule has 0 saturated carbocycles. The van der Waals surface area contributed by atoms with Gasteiger partial charge in [-0.25, -0.2) is 9.78 Å². The van der Waals surface area contributed by atoms with Crippen molar-refractivity contribution in [2.75, 3.05) is 19.7 Å². The molecular weight excluding hydrogens is 310 g/mol. The number of hydrogen-bond acceptors (Lipinski definition) is 5. The summed E-state index contributed by atoms with van der Waals surface area (Å²) in [6.07, 6.45) is 2.81. The SMILES string of the molecule is NC(=O)[C@H]1CCCN(C(=O)COC(=O)c2cccnc2Cl)C1. The van der Waals surface area contributed by atoms with E-state index in [0.717, 1.165) is 0 Å². The molecule has 118 valence electrons. The van der Waals surface area contributed by atoms with E-state index in [-0.39, 0.29) is 29.1 Å². The quantitative estimate of drug-likeness (QED) is 0.645. The van der Waals surface area contributed by atoms with Crippen LogP contribution in [0.15, 0.2) is 18.3 Å². The molecule has 1 aromatic heterocycles. The zero-order valence-corrected chi connectivity index (χ0v) is 12.6. The summed E-state index contributed by atoms with van der Waals surface area (Å²) in [5, 5.41) is 0.0201. The molecule has 1 aromatic rings. The summed E-state index contributed by atoms with van der Waals surface area (Å²) in [7, 11) is 0. The van der Waals surface area contributed by atoms with Gasteiger partial charge in [-0.3, -0.25) is 9.59 Å². The van der Waals surface area contributed by atoms with Crippen molar-refractivity contribution in [3.63, 3.8) is 0 Å². The maximum atomic E-state index is 12.0. The number of esters is 1. The maximum absolute atomic E-state index is 12.0. The van der Waals surface area contributed by atoms with Crippen molar-refractivity contribution in [3.8, 4) is 0 Å². The summed E-state index contributed by atoms with van der Waals surface area (Å²) in [5.41, 5.74) is 5.36. The van der Waals surface area contributed by atoms with Crippen molar-refractivity contribution in [1.82, 2.24) is 9.88 Å². The van der Waals surface area contributed by atoms with Crippen molar-refractivity contribution in [2.45, 2.75) is 12.8 Å². The van der Waals surface area contributed by atoms with Crippen molar-refractivity contribution in [2.24, 2.45) is 11.7 Å². The van der Waals surface area contributed by atoms with Gasteiger partial charge in [0, 0.05) is 19.3 Å². The van der Waals surface area contributed by atoms with Crippen molar-refractivity contribution < 1.29 is 19.1 Å². The van der Waals surface area contributed by atoms with Gasteiger partial charge in [0.05, 0.1) is 11.5 Å². The lowest BCUT2D eigenvalue weighted by Crippen LogP contribution is -2.45. The van der Waals surface area contributed by atoms with Crippen molar-refractivity contribution >= 4 is 29.4 Å². The lowest BCUT2D eigenvalue weighted by molar-refractivity contribution is -0.137. The molecule has 0 radical (unpaired) electrons. The van der Waals surface area contributed by atoms with Crippen LogP contribution < -0.4 is 5.73 Å². The molecule has 0 spiro atoms. The third-order valence-electron chi connectivity index (χ3n) is 3.48. The van der Waals surface area contributed by atoms with Gasteiger partial charge in [-0.1, -0.05) is 11.6 Å². The number of ether oxygens (including phenoxy) is 1. The molecule has 0 aliphatic carbocycles. The molecule has 1 aliphatic rings. The maximum Gasteiger partial charge on any atom is 0.341 e. The van der Waals surface area contributed by atoms with Gasteiger partial charge in [-0.2, -0.15) is 0 Å². The normalized spacial score (nSPS) is 17.9. The van der Waals surface area contributed by atoms with E-state index in [2.05, 4.69) is 4.98 Å². The highest BCUT2D eigenvalue weighted by Crippen LogP contribution is 2.17. The average Bonchev–Trinajstić information content (AvgIpc) is 2.52. The van der Waals surface area contributed by atoms with E-state index in [1.807, 2.05) is 0 Å². The highest BCUT2D eigenvalue weighted by molar-refractivity contribution is 6.32. The van der Waals surface area contributed by atoms with E-state index in [1.165, 1.54) is 17.2 Å². The molecule has 7 nitrogen and oxygen atoms in total. The number of nitrogens with zero attached hydrogens (tertiary/aromatic N) is 2. The van der Waals surface area contributed by atoms with Gasteiger partial charge >= 0.3 is 5.97 Å². The predicted octanol–water partition coefficient (Wildman–Crippen LogP) is 0.616. The number of likely N-dealkylation sites (tertiary alicyclic amines) is 1. The highest BCUT2D eigenvalue weighted by atomic mass is 35.5. The molecule has 2 N–H and O–H groups in total. The Balaban J connectivity index is 1.89. The number of rotatable bonds is 4. The molecule has 0 unspecified atom stereocenters. The van der Waals surface area contributed by atoms with Crippen LogP contribution in [0.1, 0.15) is 23.2 Å². The van der Waals surface area contributed by atoms with Gasteiger partial charge in [-0.05, 0) is 25.0 Å². The topological polar surface area (TPSA) is 103 Å². The molecule has 1 saturated heterocycles. The zero-order chi connectivity index (χ0) is 16.1. The number of nitrogens with two attached hydrogens (primary N) is 1. The number of piperidine rings is 1. The lowest BCUT2D eigenvalue weighted by atomic mass is 9.97. The molecular formula is C14H16ClN3O4. The number of aromatic nitrogens is 1. The second-order valence-electron chi connectivity index (χ2n) is 5.00. The number of primary amides is 1. The van der Waals surface area contributed by atoms with Gasteiger partial charge in [-0.15, -0.1) is 0 Å². The van der Waals surface area contributed by atoms with Gasteiger partial charge < -0.3 is 15.4 Å². The van der Waals surface area contributed by atoms with E-state index in [0.29, 0.717) is 19.4 Å². The Kier molecular flexibility index (Phi) is 5.32. The monoisotopic (exact) mass is 325 g/mol. The first kappa shape index (κ1) is 16.2. The fourth-order valence-electron chi connectivity index (χ4n) is 2.27. The first-order valence-corrected chi connectivity index (χ1v) is 7.21. The van der Waals surface area contributed by atoms with E-state index in [1.54, 1.807) is 6.07 Å². The van der Waals surface area contributed by atoms with Gasteiger partial charge in [0.2, 0.25) is 5.91 Å². The van der Waals surface area contributed by atoms with Gasteiger partial charge in [0.15, 0.2) is 6.61 Å². The first-order valence-electron chi connectivity index (χ1n) is 6.83. The molecule has 1 atom stereocenters. The summed E-state index contributed by atoms with van der Waals surface area (Å²) < 4.78 is 4.95. The molecule has 1 fully saturated rings. The van der Waals surface area contributed by atoms with E-state index >= 15 is 0 Å². The largest absolute Gasteiger partial charge is 0.452 e. The van der Waals surface area contributed by atoms with Crippen LogP contribution in [0.3, 0.4) is 0 Å². The highest BCUT2D eigenvalue weighted by Gasteiger charge is 2.27. The summed E-state index contributed by atoms with van der Waals surface area (Å²) in [5.74, 6) is -1.84. The van der Waals surface area contributed by atoms with Crippen molar-refractivity contribution in [1.29, 1.82) is 0 Å². The van der Waals surface area contributed by atoms with E-state index in [4.69, 9.17) is 22.1 Å². The average molecular weight is 326 g/mol. The minimum absolute atomic E-state index is 0.0201. The number of amides is 2. The lowest BCUT2D eigenvalue weighted by Gasteiger charge is -2.31. The van der Waals surface area contributed by atoms with E-state index in [9.17, 15) is 14.4 Å². The number of carbonyl (C=O) groups excluding carboxylic acids is 3. The van der Waals surface area contributed by atoms with Gasteiger partial charge in [0.1, 0.15) is 5.15 Å². The van der Waals surface area contributed by atoms with Gasteiger partial charge in [0.25, 0.3) is 5.91 Å². The molecule has 2 amide bonds. The number of hydrogen-bond donors (Lipinski definition) is 1. The van der Waals surface area contributed by atoms with Crippen LogP contribution in [0.2, 0.25) is 5.15 Å². The zero-order valence-electron chi connectivity index (χ0n) is 11.8. The minimum atomic E-state index is -0.713. The molecule has 0 bridgehead atoms. The summed E-state index contributed by atoms with van der Waals surface area (Å²) in [6, 6.07) is 3.01. The molecule has 2 heterocycles. The molecule has 0 aromatic carbocycles. The Morgan fingerprint density at radius 2 is 2.23 bits per heavy atom. The number of carbonyl (C=O) groups is 3. The summed E-state index contributed by atoms with van der Waals surface area (Å²) in [6.45, 7) is 0.378. The molecule has 1 aliphatic heterocycles. The summed E-state index contributed by atoms with van der Waals surface area (Å²) >= 11 is 5.78. The summed E-state index contributed by atoms with van der Waals surface area (Å²) in [4.78, 5) is 40.3. The van der Waals surface area contributed by atoms with E-state index < -0.39 is 18.5 Å². The first-order chi connectivity index (χ1) is 10.5. The Morgan fingerprint density at radius 3 is 2.91 bits per heavy atom. The fourth-order valence-corrected chi connectivity index (χ4v) is 2.47. The smallest absolute Gasteiger partial charge is 0.341 e. The Hall–Kier alpha value is -2.15. The second-order valence-corrected chi connectivity index (χ2v) is 5.36. The molecule has 22 heavy (non-hydrogen) atoms. The Bertz CT molecular complexity index is 593. The molecule has 8 heteroatoms. The van der Waals surface area contributed by atoms with Crippen LogP contribution in [-0.4, -0.2) is 47.4 Å². The Labute approximate surface area is 132 Å². The van der Waals surface area contributed by atoms with Crippen LogP contribution in [0, 0.1) is 5.92 Å². The predicted molar refractivity (Wildman–Crippen MR) is 78.0 cm³/mol. The van der Waals surface area contributed by atoms with Crippen LogP contribution >= 0.6 is 11.6 Å². The Morgan fingerprint density at radius 1 is 1.45 bits per heavy atom. The third kappa shape index (κ3) is 3.94. The van der Waals surface area contributed by atoms with Crippen LogP contribution in [0.5, 0.6) is 0 Å². The number of halogens is 1. The fraction of sp³-hybridized carbons (Fsp3) is 0.429. The second kappa shape index (κ2) is 7.22. The third-order valence-corrected chi connectivity index (χ3v) is 3.78. The standard InChI is InChI=1S/C14H16ClN3O4/c15-12-10(4-1-5-17-12)14(21)22-8-11(19)18-6-2-3-9(7-18)13(16)20/h1,4-5,9H,2-3,6-8H2,(H2,16,20)/t9-/m0/s1. The minimum Gasteiger partial charge on any atom is -0.452 e. The van der Waals surface area contributed by atoms with Crippen LogP contribution in [0.4, 0.5) is 0 Å². The van der Waals surface area contributed by atoms with Crippen LogP contribution in [-0.2, 0) is 14.3 Å². The van der Waals surface area contributed by atoms with Crippen LogP contribution in [0.25, 0.3) is 0 Å². The molecule has 2 rings (SSSR count).